The summed E-state index contributed by atoms with van der Waals surface area (Å²) in [6, 6.07) is 21.1. The fourth-order valence-corrected chi connectivity index (χ4v) is 13.5. The van der Waals surface area contributed by atoms with Crippen molar-refractivity contribution in [3.05, 3.63) is 131 Å². The lowest BCUT2D eigenvalue weighted by atomic mass is 9.44. The molecule has 0 unspecified atom stereocenters. The Kier molecular flexibility index (Phi) is 22.0. The van der Waals surface area contributed by atoms with E-state index in [-0.39, 0.29) is 86.4 Å². The van der Waals surface area contributed by atoms with E-state index in [0.717, 1.165) is 13.8 Å². The number of nitrogens with one attached hydrogen (secondary N) is 2. The molecule has 3 aromatic carbocycles. The smallest absolute Gasteiger partial charge is 0.481 e. The number of carboxylic acids is 2. The van der Waals surface area contributed by atoms with Gasteiger partial charge in [0, 0.05) is 43.1 Å². The molecule has 3 fully saturated rings. The Balaban J connectivity index is 1.17. The molecular formula is C67H80N2O23. The predicted molar refractivity (Wildman–Crippen MR) is 321 cm³/mol. The Morgan fingerprint density at radius 3 is 1.90 bits per heavy atom. The zero-order chi connectivity index (χ0) is 66.9. The highest BCUT2D eigenvalue weighted by Crippen LogP contribution is 2.64. The number of esters is 4. The van der Waals surface area contributed by atoms with Crippen molar-refractivity contribution in [1.82, 2.24) is 10.6 Å². The number of ketones is 1. The molecule has 13 atom stereocenters. The largest absolute Gasteiger partial charge is 0.509 e. The summed E-state index contributed by atoms with van der Waals surface area (Å²) in [4.78, 5) is 138. The maximum Gasteiger partial charge on any atom is 0.509 e. The van der Waals surface area contributed by atoms with E-state index in [9.17, 15) is 48.6 Å². The second kappa shape index (κ2) is 29.1. The zero-order valence-corrected chi connectivity index (χ0v) is 52.3. The number of hydrogen-bond acceptors (Lipinski definition) is 21. The minimum Gasteiger partial charge on any atom is -0.481 e. The van der Waals surface area contributed by atoms with Crippen LogP contribution in [-0.4, -0.2) is 173 Å². The van der Waals surface area contributed by atoms with Crippen LogP contribution < -0.4 is 10.6 Å². The average molecular weight is 1280 g/mol. The van der Waals surface area contributed by atoms with Gasteiger partial charge in [-0.2, -0.15) is 0 Å². The van der Waals surface area contributed by atoms with Crippen molar-refractivity contribution in [3.8, 4) is 0 Å². The van der Waals surface area contributed by atoms with Gasteiger partial charge in [-0.3, -0.25) is 33.6 Å². The summed E-state index contributed by atoms with van der Waals surface area (Å²) in [6.45, 7) is 8.66. The van der Waals surface area contributed by atoms with Gasteiger partial charge in [0.1, 0.15) is 36.1 Å². The molecule has 92 heavy (non-hydrogen) atoms. The van der Waals surface area contributed by atoms with E-state index in [1.165, 1.54) is 52.0 Å². The summed E-state index contributed by atoms with van der Waals surface area (Å²) in [7, 11) is 0. The molecule has 2 saturated carbocycles. The van der Waals surface area contributed by atoms with Crippen LogP contribution in [0.25, 0.3) is 0 Å². The highest BCUT2D eigenvalue weighted by molar-refractivity contribution is 5.96. The minimum absolute atomic E-state index is 0.00146. The van der Waals surface area contributed by atoms with E-state index in [2.05, 4.69) is 10.6 Å². The first-order valence-electron chi connectivity index (χ1n) is 30.5. The number of fused-ring (bicyclic) bond motifs is 5. The molecule has 0 aromatic heterocycles. The molecule has 2 amide bonds. The van der Waals surface area contributed by atoms with Gasteiger partial charge < -0.3 is 73.7 Å². The number of aliphatic hydroxyl groups is 2. The third kappa shape index (κ3) is 14.9. The number of carbonyl (C=O) groups excluding carboxylic acids is 8. The van der Waals surface area contributed by atoms with Crippen LogP contribution in [0.4, 0.5) is 4.79 Å². The van der Waals surface area contributed by atoms with Crippen LogP contribution in [0.5, 0.6) is 0 Å². The summed E-state index contributed by atoms with van der Waals surface area (Å²) in [5.41, 5.74) is -9.28. The molecule has 1 heterocycles. The SMILES string of the molecule is CC(=O)O[C@H]1C(=O)[C@@]2(C)[C@H]([C@H](OC(=O)c3ccccc3)[C@]3(O)C[C@H](OC(=O)[C@H](OC(=O)O[C@H]4/C=C/CC[C@@](C)(C(=O)NC(COCCC(=O)O)COCCC(=O)O)CC4)[C@@H](NC(=O)c4ccccc4)c4ccccc4)C(C)=C1C3(C)C)[C@]1(OC(C)=O)CO[C@@H]1C[C@@H]2O. The van der Waals surface area contributed by atoms with E-state index >= 15 is 9.59 Å². The summed E-state index contributed by atoms with van der Waals surface area (Å²) in [6.07, 6.45) is -10.7. The van der Waals surface area contributed by atoms with E-state index in [1.54, 1.807) is 85.8 Å². The predicted octanol–water partition coefficient (Wildman–Crippen LogP) is 5.87. The molecule has 2 bridgehead atoms. The van der Waals surface area contributed by atoms with E-state index in [1.807, 2.05) is 0 Å². The number of ether oxygens (including phenoxy) is 9. The fraction of sp³-hybridized carbons (Fsp3) is 0.522. The molecule has 6 N–H and O–H groups in total. The molecule has 3 aromatic rings. The summed E-state index contributed by atoms with van der Waals surface area (Å²) >= 11 is 0. The maximum absolute atomic E-state index is 15.9. The van der Waals surface area contributed by atoms with Crippen molar-refractivity contribution in [2.45, 2.75) is 166 Å². The third-order valence-electron chi connectivity index (χ3n) is 18.6. The topological polar surface area (TPSA) is 359 Å². The Bertz CT molecular complexity index is 3280. The molecule has 8 rings (SSSR count). The quantitative estimate of drug-likeness (QED) is 0.0264. The number of hydrogen-bond donors (Lipinski definition) is 6. The number of Topliss-reactive ketones (excluding diaryl/α,β-unsaturated/α-hetero) is 1. The average Bonchev–Trinajstić information content (AvgIpc) is 0.670. The first-order valence-corrected chi connectivity index (χ1v) is 30.5. The van der Waals surface area contributed by atoms with Gasteiger partial charge in [0.15, 0.2) is 17.5 Å². The van der Waals surface area contributed by atoms with Crippen molar-refractivity contribution in [1.29, 1.82) is 0 Å². The molecular weight excluding hydrogens is 1200 g/mol. The third-order valence-corrected chi connectivity index (χ3v) is 18.6. The first kappa shape index (κ1) is 69.5. The van der Waals surface area contributed by atoms with Crippen molar-refractivity contribution in [2.24, 2.45) is 22.2 Å². The van der Waals surface area contributed by atoms with Crippen molar-refractivity contribution in [3.63, 3.8) is 0 Å². The molecule has 0 radical (unpaired) electrons. The zero-order valence-electron chi connectivity index (χ0n) is 52.3. The summed E-state index contributed by atoms with van der Waals surface area (Å²) in [5, 5.41) is 50.4. The van der Waals surface area contributed by atoms with E-state index in [0.29, 0.717) is 12.8 Å². The van der Waals surface area contributed by atoms with Gasteiger partial charge >= 0.3 is 42.0 Å². The molecule has 25 nitrogen and oxygen atoms in total. The maximum atomic E-state index is 15.9. The number of carboxylic acid groups (broad SMARTS) is 2. The second-order valence-corrected chi connectivity index (χ2v) is 25.0. The van der Waals surface area contributed by atoms with Gasteiger partial charge in [-0.05, 0) is 86.6 Å². The molecule has 496 valence electrons. The minimum atomic E-state index is -2.56. The van der Waals surface area contributed by atoms with Gasteiger partial charge in [0.2, 0.25) is 12.0 Å². The Morgan fingerprint density at radius 2 is 1.34 bits per heavy atom. The van der Waals surface area contributed by atoms with Crippen LogP contribution in [0.1, 0.15) is 132 Å². The van der Waals surface area contributed by atoms with Gasteiger partial charge in [-0.15, -0.1) is 0 Å². The number of allylic oxidation sites excluding steroid dienone is 1. The van der Waals surface area contributed by atoms with Crippen LogP contribution >= 0.6 is 0 Å². The first-order chi connectivity index (χ1) is 43.6. The van der Waals surface area contributed by atoms with Crippen LogP contribution in [0.15, 0.2) is 114 Å². The molecule has 25 heteroatoms. The lowest BCUT2D eigenvalue weighted by Crippen LogP contribution is -2.82. The summed E-state index contributed by atoms with van der Waals surface area (Å²) < 4.78 is 54.1. The Labute approximate surface area is 531 Å². The lowest BCUT2D eigenvalue weighted by Gasteiger charge is -2.67. The van der Waals surface area contributed by atoms with Crippen molar-refractivity contribution in [2.75, 3.05) is 33.0 Å². The standard InChI is InChI=1S/C67H80N2O23/c1-38-46(34-67(83)57(91-59(79)43-23-15-10-16-24-43)55-65(7,47(72)33-48-66(55,37-86-48)92-40(3)71)56(77)53(87-39(2)70)51(38)63(67,4)5)89-60(80)54(52(41-19-11-8-12-20-41)69-58(78)42-21-13-9-14-22-42)90-62(82)88-45-25-17-18-29-64(6,30-26-45)61(81)68-44(35-84-31-27-49(73)74)36-85-32-28-50(75)76/h8-17,19-25,44-48,52-55,57,72,83H,18,26-37H2,1-7H3,(H,68,81)(H,69,78)(H,73,74)(H,75,76)/b25-17+/t45-,46-,47-,48+,52-,53+,54+,55-,57-,64+,65+,66-,67+/m0/s1. The molecule has 5 aliphatic rings. The number of benzene rings is 3. The molecule has 1 aliphatic heterocycles. The van der Waals surface area contributed by atoms with E-state index in [4.69, 9.17) is 52.8 Å². The number of aliphatic carboxylic acids is 2. The van der Waals surface area contributed by atoms with Crippen LogP contribution in [0.2, 0.25) is 0 Å². The number of carbonyl (C=O) groups is 10. The number of aliphatic hydroxyl groups excluding tert-OH is 1. The summed E-state index contributed by atoms with van der Waals surface area (Å²) in [5.74, 6) is -10.2. The van der Waals surface area contributed by atoms with Crippen LogP contribution in [0, 0.1) is 22.2 Å². The normalized spacial score (nSPS) is 29.0. The second-order valence-electron chi connectivity index (χ2n) is 25.0. The van der Waals surface area contributed by atoms with Gasteiger partial charge in [-0.25, -0.2) is 14.4 Å². The van der Waals surface area contributed by atoms with Crippen LogP contribution in [-0.2, 0) is 76.2 Å². The molecule has 0 spiro atoms. The van der Waals surface area contributed by atoms with Crippen molar-refractivity contribution < 1.29 is 111 Å². The van der Waals surface area contributed by atoms with Gasteiger partial charge in [-0.1, -0.05) is 93.6 Å². The Morgan fingerprint density at radius 1 is 0.739 bits per heavy atom. The monoisotopic (exact) mass is 1280 g/mol. The number of rotatable bonds is 24. The fourth-order valence-electron chi connectivity index (χ4n) is 13.5. The van der Waals surface area contributed by atoms with Crippen molar-refractivity contribution >= 4 is 59.6 Å². The lowest BCUT2D eigenvalue weighted by molar-refractivity contribution is -0.346. The Hall–Kier alpha value is -8.36. The highest BCUT2D eigenvalue weighted by Gasteiger charge is 2.78. The molecule has 1 saturated heterocycles. The van der Waals surface area contributed by atoms with Gasteiger partial charge in [0.25, 0.3) is 5.91 Å². The highest BCUT2D eigenvalue weighted by atomic mass is 16.7. The van der Waals surface area contributed by atoms with E-state index < -0.39 is 161 Å². The molecule has 4 aliphatic carbocycles. The van der Waals surface area contributed by atoms with Gasteiger partial charge in [0.05, 0.1) is 74.9 Å². The van der Waals surface area contributed by atoms with Crippen LogP contribution in [0.3, 0.4) is 0 Å². The number of amides is 2.